The van der Waals surface area contributed by atoms with Crippen molar-refractivity contribution in [1.29, 1.82) is 0 Å². The van der Waals surface area contributed by atoms with E-state index in [-0.39, 0.29) is 0 Å². The lowest BCUT2D eigenvalue weighted by molar-refractivity contribution is 0.0117. The first-order valence-electron chi connectivity index (χ1n) is 4.74. The SMILES string of the molecule is CC(C)N1C[C@@H](CS(C)(=O)=O)[C@@H]1C. The largest absolute Gasteiger partial charge is 0.298 e. The van der Waals surface area contributed by atoms with Gasteiger partial charge in [0.2, 0.25) is 0 Å². The smallest absolute Gasteiger partial charge is 0.147 e. The standard InChI is InChI=1S/C9H19NO2S/c1-7(2)10-5-9(8(10)3)6-13(4,11)12/h7-9H,5-6H2,1-4H3/t8-,9-/m0/s1. The molecule has 0 saturated carbocycles. The summed E-state index contributed by atoms with van der Waals surface area (Å²) in [6.07, 6.45) is 1.32. The summed E-state index contributed by atoms with van der Waals surface area (Å²) in [6, 6.07) is 0.959. The minimum atomic E-state index is -2.79. The summed E-state index contributed by atoms with van der Waals surface area (Å²) in [4.78, 5) is 2.33. The summed E-state index contributed by atoms with van der Waals surface area (Å²) in [5.41, 5.74) is 0. The van der Waals surface area contributed by atoms with Crippen molar-refractivity contribution in [2.45, 2.75) is 32.9 Å². The number of hydrogen-bond donors (Lipinski definition) is 0. The zero-order valence-electron chi connectivity index (χ0n) is 8.82. The second kappa shape index (κ2) is 3.58. The summed E-state index contributed by atoms with van der Waals surface area (Å²) in [5, 5.41) is 0. The monoisotopic (exact) mass is 205 g/mol. The molecule has 0 aliphatic carbocycles. The Morgan fingerprint density at radius 1 is 1.46 bits per heavy atom. The van der Waals surface area contributed by atoms with E-state index in [9.17, 15) is 8.42 Å². The van der Waals surface area contributed by atoms with Gasteiger partial charge in [0.15, 0.2) is 0 Å². The predicted molar refractivity (Wildman–Crippen MR) is 54.5 cm³/mol. The molecule has 0 spiro atoms. The van der Waals surface area contributed by atoms with Crippen LogP contribution in [0.3, 0.4) is 0 Å². The van der Waals surface area contributed by atoms with Crippen molar-refractivity contribution in [2.24, 2.45) is 5.92 Å². The van der Waals surface area contributed by atoms with Crippen LogP contribution in [0, 0.1) is 5.92 Å². The summed E-state index contributed by atoms with van der Waals surface area (Å²) >= 11 is 0. The van der Waals surface area contributed by atoms with E-state index in [4.69, 9.17) is 0 Å². The molecule has 0 radical (unpaired) electrons. The molecule has 1 aliphatic rings. The van der Waals surface area contributed by atoms with Gasteiger partial charge in [0.25, 0.3) is 0 Å². The van der Waals surface area contributed by atoms with E-state index in [2.05, 4.69) is 25.7 Å². The molecule has 0 bridgehead atoms. The fraction of sp³-hybridized carbons (Fsp3) is 1.00. The Balaban J connectivity index is 2.45. The molecule has 1 aliphatic heterocycles. The molecule has 4 heteroatoms. The Kier molecular flexibility index (Phi) is 3.02. The van der Waals surface area contributed by atoms with Gasteiger partial charge in [-0.1, -0.05) is 0 Å². The van der Waals surface area contributed by atoms with Crippen LogP contribution < -0.4 is 0 Å². The molecule has 1 heterocycles. The van der Waals surface area contributed by atoms with Crippen LogP contribution >= 0.6 is 0 Å². The maximum Gasteiger partial charge on any atom is 0.147 e. The molecule has 1 rings (SSSR count). The van der Waals surface area contributed by atoms with Crippen LogP contribution in [0.2, 0.25) is 0 Å². The van der Waals surface area contributed by atoms with Crippen LogP contribution in [0.4, 0.5) is 0 Å². The van der Waals surface area contributed by atoms with E-state index in [1.165, 1.54) is 6.26 Å². The quantitative estimate of drug-likeness (QED) is 0.682. The first kappa shape index (κ1) is 11.0. The highest BCUT2D eigenvalue weighted by molar-refractivity contribution is 7.90. The van der Waals surface area contributed by atoms with E-state index in [1.807, 2.05) is 0 Å². The van der Waals surface area contributed by atoms with E-state index in [0.717, 1.165) is 6.54 Å². The van der Waals surface area contributed by atoms with Crippen molar-refractivity contribution in [1.82, 2.24) is 4.90 Å². The lowest BCUT2D eigenvalue weighted by Gasteiger charge is -2.48. The Bertz CT molecular complexity index is 271. The van der Waals surface area contributed by atoms with Gasteiger partial charge in [-0.25, -0.2) is 8.42 Å². The Morgan fingerprint density at radius 2 is 2.00 bits per heavy atom. The van der Waals surface area contributed by atoms with Gasteiger partial charge in [-0.2, -0.15) is 0 Å². The summed E-state index contributed by atoms with van der Waals surface area (Å²) < 4.78 is 22.1. The van der Waals surface area contributed by atoms with E-state index >= 15 is 0 Å². The van der Waals surface area contributed by atoms with Gasteiger partial charge in [-0.15, -0.1) is 0 Å². The third-order valence-corrected chi connectivity index (χ3v) is 3.86. The molecule has 0 amide bonds. The Hall–Kier alpha value is -0.0900. The summed E-state index contributed by atoms with van der Waals surface area (Å²) in [5.74, 6) is 0.689. The molecule has 3 nitrogen and oxygen atoms in total. The second-order valence-corrected chi connectivity index (χ2v) is 6.57. The molecular formula is C9H19NO2S. The molecule has 78 valence electrons. The molecule has 2 atom stereocenters. The topological polar surface area (TPSA) is 37.4 Å². The Morgan fingerprint density at radius 3 is 2.31 bits per heavy atom. The third-order valence-electron chi connectivity index (χ3n) is 2.83. The highest BCUT2D eigenvalue weighted by atomic mass is 32.2. The van der Waals surface area contributed by atoms with Crippen LogP contribution in [0.1, 0.15) is 20.8 Å². The summed E-state index contributed by atoms with van der Waals surface area (Å²) in [7, 11) is -2.79. The maximum atomic E-state index is 11.0. The number of rotatable bonds is 3. The molecular weight excluding hydrogens is 186 g/mol. The average molecular weight is 205 g/mol. The fourth-order valence-corrected chi connectivity index (χ4v) is 3.15. The highest BCUT2D eigenvalue weighted by Gasteiger charge is 2.38. The van der Waals surface area contributed by atoms with E-state index < -0.39 is 9.84 Å². The molecule has 0 aromatic rings. The van der Waals surface area contributed by atoms with Gasteiger partial charge < -0.3 is 0 Å². The van der Waals surface area contributed by atoms with Crippen molar-refractivity contribution in [3.63, 3.8) is 0 Å². The van der Waals surface area contributed by atoms with Gasteiger partial charge in [-0.3, -0.25) is 4.90 Å². The molecule has 0 unspecified atom stereocenters. The molecule has 13 heavy (non-hydrogen) atoms. The van der Waals surface area contributed by atoms with Crippen LogP contribution in [-0.2, 0) is 9.84 Å². The summed E-state index contributed by atoms with van der Waals surface area (Å²) in [6.45, 7) is 7.34. The van der Waals surface area contributed by atoms with Crippen LogP contribution in [0.15, 0.2) is 0 Å². The van der Waals surface area contributed by atoms with Gasteiger partial charge in [0, 0.05) is 30.8 Å². The average Bonchev–Trinajstić information content (AvgIpc) is 1.94. The molecule has 0 aromatic heterocycles. The molecule has 1 fully saturated rings. The first-order chi connectivity index (χ1) is 5.81. The van der Waals surface area contributed by atoms with E-state index in [1.54, 1.807) is 0 Å². The first-order valence-corrected chi connectivity index (χ1v) is 6.81. The lowest BCUT2D eigenvalue weighted by Crippen LogP contribution is -2.59. The number of nitrogens with zero attached hydrogens (tertiary/aromatic N) is 1. The fourth-order valence-electron chi connectivity index (χ4n) is 1.98. The van der Waals surface area contributed by atoms with Gasteiger partial charge in [0.05, 0.1) is 5.75 Å². The minimum absolute atomic E-state index is 0.345. The lowest BCUT2D eigenvalue weighted by atomic mass is 9.90. The molecule has 1 saturated heterocycles. The predicted octanol–water partition coefficient (Wildman–Crippen LogP) is 0.760. The zero-order chi connectivity index (χ0) is 10.2. The van der Waals surface area contributed by atoms with Crippen molar-refractivity contribution < 1.29 is 8.42 Å². The molecule has 0 aromatic carbocycles. The normalized spacial score (nSPS) is 30.5. The van der Waals surface area contributed by atoms with Crippen molar-refractivity contribution in [3.05, 3.63) is 0 Å². The minimum Gasteiger partial charge on any atom is -0.298 e. The van der Waals surface area contributed by atoms with Crippen molar-refractivity contribution in [3.8, 4) is 0 Å². The van der Waals surface area contributed by atoms with Crippen LogP contribution in [-0.4, -0.2) is 44.0 Å². The van der Waals surface area contributed by atoms with Crippen LogP contribution in [0.25, 0.3) is 0 Å². The third kappa shape index (κ3) is 2.68. The van der Waals surface area contributed by atoms with Gasteiger partial charge in [-0.05, 0) is 20.8 Å². The van der Waals surface area contributed by atoms with Crippen molar-refractivity contribution in [2.75, 3.05) is 18.6 Å². The molecule has 0 N–H and O–H groups in total. The van der Waals surface area contributed by atoms with Gasteiger partial charge in [0.1, 0.15) is 9.84 Å². The van der Waals surface area contributed by atoms with Gasteiger partial charge >= 0.3 is 0 Å². The maximum absolute atomic E-state index is 11.0. The van der Waals surface area contributed by atoms with Crippen molar-refractivity contribution >= 4 is 9.84 Å². The zero-order valence-corrected chi connectivity index (χ0v) is 9.63. The number of sulfone groups is 1. The number of hydrogen-bond acceptors (Lipinski definition) is 3. The highest BCUT2D eigenvalue weighted by Crippen LogP contribution is 2.27. The van der Waals surface area contributed by atoms with Crippen LogP contribution in [0.5, 0.6) is 0 Å². The number of likely N-dealkylation sites (tertiary alicyclic amines) is 1. The van der Waals surface area contributed by atoms with E-state index in [0.29, 0.717) is 23.8 Å². The Labute approximate surface area is 81.0 Å². The second-order valence-electron chi connectivity index (χ2n) is 4.38.